The first-order valence-corrected chi connectivity index (χ1v) is 4.59. The second kappa shape index (κ2) is 3.57. The van der Waals surface area contributed by atoms with Crippen molar-refractivity contribution in [2.75, 3.05) is 0 Å². The summed E-state index contributed by atoms with van der Waals surface area (Å²) in [6.45, 7) is 8.34. The normalized spacial score (nSPS) is 21.0. The molecule has 1 heteroatoms. The Morgan fingerprint density at radius 3 is 2.18 bits per heavy atom. The van der Waals surface area contributed by atoms with E-state index in [4.69, 9.17) is 4.74 Å². The molecule has 1 fully saturated rings. The van der Waals surface area contributed by atoms with Crippen LogP contribution in [-0.2, 0) is 4.74 Å². The summed E-state index contributed by atoms with van der Waals surface area (Å²) < 4.78 is 5.59. The second-order valence-corrected chi connectivity index (χ2v) is 4.41. The molecule has 1 nitrogen and oxygen atoms in total. The summed E-state index contributed by atoms with van der Waals surface area (Å²) in [7, 11) is 0. The van der Waals surface area contributed by atoms with Crippen molar-refractivity contribution in [1.82, 2.24) is 0 Å². The van der Waals surface area contributed by atoms with Gasteiger partial charge in [-0.05, 0) is 39.5 Å². The number of hydrogen-bond donors (Lipinski definition) is 0. The average Bonchev–Trinajstić information content (AvgIpc) is 2.32. The van der Waals surface area contributed by atoms with Crippen LogP contribution in [0.25, 0.3) is 0 Å². The zero-order valence-electron chi connectivity index (χ0n) is 7.89. The molecule has 0 saturated heterocycles. The lowest BCUT2D eigenvalue weighted by atomic mass is 10.1. The van der Waals surface area contributed by atoms with Crippen LogP contribution in [0.3, 0.4) is 0 Å². The SMILES string of the molecule is CC(C)(C)O[CH]C1CCCC1. The monoisotopic (exact) mass is 155 g/mol. The van der Waals surface area contributed by atoms with Crippen molar-refractivity contribution >= 4 is 0 Å². The Bertz CT molecular complexity index is 107. The third-order valence-corrected chi connectivity index (χ3v) is 2.01. The lowest BCUT2D eigenvalue weighted by Crippen LogP contribution is -2.19. The van der Waals surface area contributed by atoms with E-state index in [2.05, 4.69) is 20.8 Å². The van der Waals surface area contributed by atoms with E-state index < -0.39 is 0 Å². The van der Waals surface area contributed by atoms with E-state index in [1.807, 2.05) is 6.61 Å². The third-order valence-electron chi connectivity index (χ3n) is 2.01. The van der Waals surface area contributed by atoms with Crippen molar-refractivity contribution in [2.24, 2.45) is 5.92 Å². The minimum Gasteiger partial charge on any atom is -0.370 e. The van der Waals surface area contributed by atoms with Gasteiger partial charge < -0.3 is 4.74 Å². The molecule has 0 N–H and O–H groups in total. The number of ether oxygens (including phenoxy) is 1. The first kappa shape index (κ1) is 9.05. The van der Waals surface area contributed by atoms with Crippen LogP contribution in [0.15, 0.2) is 0 Å². The van der Waals surface area contributed by atoms with Gasteiger partial charge in [-0.2, -0.15) is 0 Å². The van der Waals surface area contributed by atoms with E-state index in [1.165, 1.54) is 25.7 Å². The van der Waals surface area contributed by atoms with Crippen molar-refractivity contribution in [3.63, 3.8) is 0 Å². The highest BCUT2D eigenvalue weighted by Crippen LogP contribution is 2.28. The van der Waals surface area contributed by atoms with E-state index in [-0.39, 0.29) is 5.60 Å². The molecule has 0 unspecified atom stereocenters. The molecule has 0 aliphatic heterocycles. The summed E-state index contributed by atoms with van der Waals surface area (Å²) in [5.74, 6) is 0.731. The van der Waals surface area contributed by atoms with Gasteiger partial charge in [-0.1, -0.05) is 12.8 Å². The van der Waals surface area contributed by atoms with Gasteiger partial charge >= 0.3 is 0 Å². The summed E-state index contributed by atoms with van der Waals surface area (Å²) in [6, 6.07) is 0. The highest BCUT2D eigenvalue weighted by Gasteiger charge is 2.19. The molecule has 0 atom stereocenters. The van der Waals surface area contributed by atoms with Crippen LogP contribution < -0.4 is 0 Å². The van der Waals surface area contributed by atoms with Crippen molar-refractivity contribution < 1.29 is 4.74 Å². The van der Waals surface area contributed by atoms with Gasteiger partial charge in [-0.25, -0.2) is 0 Å². The Hall–Kier alpha value is -0.0400. The van der Waals surface area contributed by atoms with Gasteiger partial charge in [0.25, 0.3) is 0 Å². The van der Waals surface area contributed by atoms with Gasteiger partial charge in [-0.3, -0.25) is 0 Å². The smallest absolute Gasteiger partial charge is 0.0874 e. The van der Waals surface area contributed by atoms with Crippen LogP contribution in [0.4, 0.5) is 0 Å². The first-order chi connectivity index (χ1) is 5.08. The lowest BCUT2D eigenvalue weighted by molar-refractivity contribution is 0.0257. The van der Waals surface area contributed by atoms with E-state index in [1.54, 1.807) is 0 Å². The Kier molecular flexibility index (Phi) is 2.94. The van der Waals surface area contributed by atoms with Crippen molar-refractivity contribution in [3.8, 4) is 0 Å². The van der Waals surface area contributed by atoms with Crippen molar-refractivity contribution in [2.45, 2.75) is 52.1 Å². The molecular formula is C10H19O. The highest BCUT2D eigenvalue weighted by atomic mass is 16.5. The number of rotatable bonds is 2. The molecule has 1 aliphatic carbocycles. The van der Waals surface area contributed by atoms with Crippen LogP contribution in [0.5, 0.6) is 0 Å². The van der Waals surface area contributed by atoms with Gasteiger partial charge in [0.2, 0.25) is 0 Å². The quantitative estimate of drug-likeness (QED) is 0.595. The molecule has 0 amide bonds. The zero-order valence-corrected chi connectivity index (χ0v) is 7.89. The van der Waals surface area contributed by atoms with Crippen LogP contribution in [-0.4, -0.2) is 5.60 Å². The topological polar surface area (TPSA) is 9.23 Å². The Labute approximate surface area is 70.1 Å². The molecule has 1 radical (unpaired) electrons. The molecule has 65 valence electrons. The second-order valence-electron chi connectivity index (χ2n) is 4.41. The first-order valence-electron chi connectivity index (χ1n) is 4.59. The molecule has 0 heterocycles. The fourth-order valence-electron chi connectivity index (χ4n) is 1.39. The van der Waals surface area contributed by atoms with Crippen molar-refractivity contribution in [1.29, 1.82) is 0 Å². The molecule has 0 aromatic rings. The summed E-state index contributed by atoms with van der Waals surface area (Å²) >= 11 is 0. The maximum absolute atomic E-state index is 5.59. The van der Waals surface area contributed by atoms with Gasteiger partial charge in [0, 0.05) is 0 Å². The van der Waals surface area contributed by atoms with Gasteiger partial charge in [0.1, 0.15) is 0 Å². The average molecular weight is 155 g/mol. The maximum Gasteiger partial charge on any atom is 0.0874 e. The van der Waals surface area contributed by atoms with Crippen LogP contribution in [0.2, 0.25) is 0 Å². The summed E-state index contributed by atoms with van der Waals surface area (Å²) in [5.41, 5.74) is 0.00257. The van der Waals surface area contributed by atoms with Crippen LogP contribution >= 0.6 is 0 Å². The number of hydrogen-bond acceptors (Lipinski definition) is 1. The molecule has 11 heavy (non-hydrogen) atoms. The van der Waals surface area contributed by atoms with Gasteiger partial charge in [0.05, 0.1) is 12.2 Å². The van der Waals surface area contributed by atoms with Crippen LogP contribution in [0, 0.1) is 12.5 Å². The van der Waals surface area contributed by atoms with E-state index >= 15 is 0 Å². The predicted octanol–water partition coefficient (Wildman–Crippen LogP) is 3.15. The lowest BCUT2D eigenvalue weighted by Gasteiger charge is -2.21. The molecule has 0 spiro atoms. The molecule has 1 rings (SSSR count). The van der Waals surface area contributed by atoms with E-state index in [9.17, 15) is 0 Å². The zero-order chi connectivity index (χ0) is 8.32. The molecule has 0 bridgehead atoms. The fraction of sp³-hybridized carbons (Fsp3) is 0.900. The predicted molar refractivity (Wildman–Crippen MR) is 47.1 cm³/mol. The Morgan fingerprint density at radius 2 is 1.73 bits per heavy atom. The minimum absolute atomic E-state index is 0.00257. The van der Waals surface area contributed by atoms with E-state index in [0.717, 1.165) is 5.92 Å². The Balaban J connectivity index is 2.11. The van der Waals surface area contributed by atoms with Gasteiger partial charge in [0.15, 0.2) is 0 Å². The molecule has 1 aliphatic rings. The van der Waals surface area contributed by atoms with Crippen molar-refractivity contribution in [3.05, 3.63) is 6.61 Å². The maximum atomic E-state index is 5.59. The Morgan fingerprint density at radius 1 is 1.18 bits per heavy atom. The van der Waals surface area contributed by atoms with E-state index in [0.29, 0.717) is 0 Å². The molecule has 0 aromatic carbocycles. The highest BCUT2D eigenvalue weighted by molar-refractivity contribution is 4.76. The molecular weight excluding hydrogens is 136 g/mol. The minimum atomic E-state index is 0.00257. The summed E-state index contributed by atoms with van der Waals surface area (Å²) in [6.07, 6.45) is 5.43. The third kappa shape index (κ3) is 3.76. The summed E-state index contributed by atoms with van der Waals surface area (Å²) in [5, 5.41) is 0. The standard InChI is InChI=1S/C10H19O/c1-10(2,3)11-8-9-6-4-5-7-9/h8-9H,4-7H2,1-3H3. The van der Waals surface area contributed by atoms with Crippen LogP contribution in [0.1, 0.15) is 46.5 Å². The molecule has 0 aromatic heterocycles. The largest absolute Gasteiger partial charge is 0.370 e. The fourth-order valence-corrected chi connectivity index (χ4v) is 1.39. The van der Waals surface area contributed by atoms with Gasteiger partial charge in [-0.15, -0.1) is 0 Å². The molecule has 1 saturated carbocycles. The summed E-state index contributed by atoms with van der Waals surface area (Å²) in [4.78, 5) is 0.